The third-order valence-electron chi connectivity index (χ3n) is 2.43. The molecule has 6 heteroatoms. The largest absolute Gasteiger partial charge is 0.466 e. The Labute approximate surface area is 113 Å². The summed E-state index contributed by atoms with van der Waals surface area (Å²) in [6, 6.07) is 1.70. The van der Waals surface area contributed by atoms with Crippen molar-refractivity contribution in [1.29, 1.82) is 0 Å². The fourth-order valence-corrected chi connectivity index (χ4v) is 1.63. The molecule has 0 aliphatic rings. The molecule has 6 nitrogen and oxygen atoms in total. The van der Waals surface area contributed by atoms with Gasteiger partial charge in [-0.3, -0.25) is 4.79 Å². The van der Waals surface area contributed by atoms with Gasteiger partial charge in [0.1, 0.15) is 17.5 Å². The van der Waals surface area contributed by atoms with E-state index in [0.29, 0.717) is 37.6 Å². The number of aromatic nitrogens is 2. The minimum absolute atomic E-state index is 0.168. The summed E-state index contributed by atoms with van der Waals surface area (Å²) in [6.07, 6.45) is 2.89. The molecule has 0 fully saturated rings. The molecule has 0 atom stereocenters. The molecule has 0 saturated heterocycles. The summed E-state index contributed by atoms with van der Waals surface area (Å²) < 4.78 is 4.85. The molecule has 1 aromatic heterocycles. The van der Waals surface area contributed by atoms with Crippen molar-refractivity contribution < 1.29 is 9.53 Å². The molecule has 0 aliphatic carbocycles. The number of esters is 1. The Hall–Kier alpha value is -1.85. The van der Waals surface area contributed by atoms with Crippen LogP contribution in [0.3, 0.4) is 0 Å². The molecule has 3 N–H and O–H groups in total. The summed E-state index contributed by atoms with van der Waals surface area (Å²) in [5.74, 6) is 1.75. The van der Waals surface area contributed by atoms with Crippen LogP contribution in [0.4, 0.5) is 11.6 Å². The zero-order valence-electron chi connectivity index (χ0n) is 11.6. The Morgan fingerprint density at radius 1 is 1.42 bits per heavy atom. The Balaban J connectivity index is 2.38. The third kappa shape index (κ3) is 6.03. The number of hydrogen-bond donors (Lipinski definition) is 2. The number of anilines is 2. The van der Waals surface area contributed by atoms with Crippen molar-refractivity contribution >= 4 is 17.6 Å². The van der Waals surface area contributed by atoms with Crippen LogP contribution in [0.25, 0.3) is 0 Å². The first kappa shape index (κ1) is 15.2. The molecule has 0 amide bonds. The molecule has 19 heavy (non-hydrogen) atoms. The van der Waals surface area contributed by atoms with Gasteiger partial charge in [0.05, 0.1) is 6.61 Å². The van der Waals surface area contributed by atoms with E-state index in [1.165, 1.54) is 0 Å². The molecule has 0 spiro atoms. The van der Waals surface area contributed by atoms with Gasteiger partial charge < -0.3 is 15.8 Å². The van der Waals surface area contributed by atoms with Crippen molar-refractivity contribution in [3.63, 3.8) is 0 Å². The average molecular weight is 266 g/mol. The number of nitrogen functional groups attached to an aromatic ring is 1. The van der Waals surface area contributed by atoms with E-state index in [4.69, 9.17) is 10.5 Å². The van der Waals surface area contributed by atoms with Crippen molar-refractivity contribution in [2.75, 3.05) is 24.2 Å². The lowest BCUT2D eigenvalue weighted by molar-refractivity contribution is -0.143. The number of nitrogens with two attached hydrogens (primary N) is 1. The van der Waals surface area contributed by atoms with Crippen LogP contribution in [0.2, 0.25) is 0 Å². The Morgan fingerprint density at radius 2 is 2.21 bits per heavy atom. The second-order valence-corrected chi connectivity index (χ2v) is 4.18. The lowest BCUT2D eigenvalue weighted by atomic mass is 10.3. The van der Waals surface area contributed by atoms with Crippen LogP contribution in [-0.4, -0.2) is 29.1 Å². The SMILES string of the molecule is CCCc1nc(N)cc(NCCCC(=O)OCC)n1. The molecule has 0 aliphatic heterocycles. The van der Waals surface area contributed by atoms with Crippen LogP contribution >= 0.6 is 0 Å². The highest BCUT2D eigenvalue weighted by atomic mass is 16.5. The van der Waals surface area contributed by atoms with Gasteiger partial charge in [-0.15, -0.1) is 0 Å². The van der Waals surface area contributed by atoms with Gasteiger partial charge >= 0.3 is 5.97 Å². The van der Waals surface area contributed by atoms with Crippen LogP contribution in [0.1, 0.15) is 38.9 Å². The molecule has 0 radical (unpaired) electrons. The van der Waals surface area contributed by atoms with Crippen LogP contribution in [0.5, 0.6) is 0 Å². The normalized spacial score (nSPS) is 10.2. The van der Waals surface area contributed by atoms with Gasteiger partial charge in [-0.25, -0.2) is 9.97 Å². The van der Waals surface area contributed by atoms with Crippen molar-refractivity contribution in [3.8, 4) is 0 Å². The van der Waals surface area contributed by atoms with Crippen LogP contribution < -0.4 is 11.1 Å². The zero-order valence-corrected chi connectivity index (χ0v) is 11.6. The Morgan fingerprint density at radius 3 is 2.89 bits per heavy atom. The molecule has 0 aromatic carbocycles. The van der Waals surface area contributed by atoms with E-state index in [9.17, 15) is 4.79 Å². The number of nitrogens with zero attached hydrogens (tertiary/aromatic N) is 2. The molecule has 1 aromatic rings. The van der Waals surface area contributed by atoms with Gasteiger partial charge in [0.25, 0.3) is 0 Å². The lowest BCUT2D eigenvalue weighted by Gasteiger charge is -2.08. The van der Waals surface area contributed by atoms with Crippen molar-refractivity contribution in [2.45, 2.75) is 39.5 Å². The number of ether oxygens (including phenoxy) is 1. The first-order chi connectivity index (χ1) is 9.15. The Kier molecular flexibility index (Phi) is 6.63. The van der Waals surface area contributed by atoms with Gasteiger partial charge in [-0.1, -0.05) is 6.92 Å². The number of hydrogen-bond acceptors (Lipinski definition) is 6. The molecule has 106 valence electrons. The molecular formula is C13H22N4O2. The summed E-state index contributed by atoms with van der Waals surface area (Å²) in [5, 5.41) is 3.14. The van der Waals surface area contributed by atoms with Gasteiger partial charge in [0.15, 0.2) is 0 Å². The number of nitrogens with one attached hydrogen (secondary N) is 1. The predicted octanol–water partition coefficient (Wildman–Crippen LogP) is 1.77. The summed E-state index contributed by atoms with van der Waals surface area (Å²) in [6.45, 7) is 4.95. The highest BCUT2D eigenvalue weighted by Gasteiger charge is 2.03. The van der Waals surface area contributed by atoms with Crippen LogP contribution in [-0.2, 0) is 16.0 Å². The van der Waals surface area contributed by atoms with Gasteiger partial charge in [-0.05, 0) is 19.8 Å². The van der Waals surface area contributed by atoms with Crippen molar-refractivity contribution in [1.82, 2.24) is 9.97 Å². The minimum atomic E-state index is -0.168. The summed E-state index contributed by atoms with van der Waals surface area (Å²) in [5.41, 5.74) is 5.72. The highest BCUT2D eigenvalue weighted by molar-refractivity contribution is 5.69. The molecule has 0 unspecified atom stereocenters. The monoisotopic (exact) mass is 266 g/mol. The maximum atomic E-state index is 11.2. The standard InChI is InChI=1S/C13H22N4O2/c1-3-6-11-16-10(14)9-12(17-11)15-8-5-7-13(18)19-4-2/h9H,3-8H2,1-2H3,(H3,14,15,16,17). The molecular weight excluding hydrogens is 244 g/mol. The molecule has 1 rings (SSSR count). The first-order valence-corrected chi connectivity index (χ1v) is 6.68. The number of rotatable bonds is 8. The fraction of sp³-hybridized carbons (Fsp3) is 0.615. The highest BCUT2D eigenvalue weighted by Crippen LogP contribution is 2.09. The molecule has 0 saturated carbocycles. The van der Waals surface area contributed by atoms with Gasteiger partial charge in [-0.2, -0.15) is 0 Å². The van der Waals surface area contributed by atoms with E-state index in [1.54, 1.807) is 13.0 Å². The van der Waals surface area contributed by atoms with Gasteiger partial charge in [0.2, 0.25) is 0 Å². The smallest absolute Gasteiger partial charge is 0.305 e. The number of carbonyl (C=O) groups is 1. The molecule has 0 bridgehead atoms. The second kappa shape index (κ2) is 8.29. The average Bonchev–Trinajstić information content (AvgIpc) is 2.35. The maximum absolute atomic E-state index is 11.2. The third-order valence-corrected chi connectivity index (χ3v) is 2.43. The van der Waals surface area contributed by atoms with Crippen molar-refractivity contribution in [2.24, 2.45) is 0 Å². The summed E-state index contributed by atoms with van der Waals surface area (Å²) in [7, 11) is 0. The minimum Gasteiger partial charge on any atom is -0.466 e. The quantitative estimate of drug-likeness (QED) is 0.550. The summed E-state index contributed by atoms with van der Waals surface area (Å²) >= 11 is 0. The van der Waals surface area contributed by atoms with Crippen LogP contribution in [0.15, 0.2) is 6.07 Å². The number of aryl methyl sites for hydroxylation is 1. The Bertz CT molecular complexity index is 410. The van der Waals surface area contributed by atoms with Crippen molar-refractivity contribution in [3.05, 3.63) is 11.9 Å². The summed E-state index contributed by atoms with van der Waals surface area (Å²) in [4.78, 5) is 19.7. The predicted molar refractivity (Wildman–Crippen MR) is 74.8 cm³/mol. The first-order valence-electron chi connectivity index (χ1n) is 6.68. The molecule has 1 heterocycles. The van der Waals surface area contributed by atoms with E-state index >= 15 is 0 Å². The zero-order chi connectivity index (χ0) is 14.1. The van der Waals surface area contributed by atoms with Crippen LogP contribution in [0, 0.1) is 0 Å². The van der Waals surface area contributed by atoms with E-state index in [1.807, 2.05) is 0 Å². The number of carbonyl (C=O) groups excluding carboxylic acids is 1. The fourth-order valence-electron chi connectivity index (χ4n) is 1.63. The van der Waals surface area contributed by atoms with E-state index in [0.717, 1.165) is 18.7 Å². The maximum Gasteiger partial charge on any atom is 0.305 e. The second-order valence-electron chi connectivity index (χ2n) is 4.18. The lowest BCUT2D eigenvalue weighted by Crippen LogP contribution is -2.10. The van der Waals surface area contributed by atoms with E-state index < -0.39 is 0 Å². The van der Waals surface area contributed by atoms with E-state index in [2.05, 4.69) is 22.2 Å². The van der Waals surface area contributed by atoms with Gasteiger partial charge in [0, 0.05) is 25.5 Å². The van der Waals surface area contributed by atoms with E-state index in [-0.39, 0.29) is 5.97 Å². The topological polar surface area (TPSA) is 90.1 Å².